The molecule has 0 unspecified atom stereocenters. The van der Waals surface area contributed by atoms with Crippen molar-refractivity contribution in [2.75, 3.05) is 50.6 Å². The lowest BCUT2D eigenvalue weighted by atomic mass is 10.1. The van der Waals surface area contributed by atoms with E-state index < -0.39 is 0 Å². The van der Waals surface area contributed by atoms with Gasteiger partial charge in [0, 0.05) is 56.2 Å². The summed E-state index contributed by atoms with van der Waals surface area (Å²) in [6.07, 6.45) is 2.86. The second-order valence-corrected chi connectivity index (χ2v) is 8.62. The van der Waals surface area contributed by atoms with Crippen LogP contribution in [0.15, 0.2) is 41.1 Å². The highest BCUT2D eigenvalue weighted by Crippen LogP contribution is 2.34. The summed E-state index contributed by atoms with van der Waals surface area (Å²) in [5, 5.41) is 3.35. The van der Waals surface area contributed by atoms with Crippen molar-refractivity contribution in [3.8, 4) is 17.1 Å². The molecule has 1 saturated heterocycles. The molecule has 0 saturated carbocycles. The van der Waals surface area contributed by atoms with Gasteiger partial charge in [-0.1, -0.05) is 0 Å². The van der Waals surface area contributed by atoms with Gasteiger partial charge in [-0.3, -0.25) is 0 Å². The monoisotopic (exact) mass is 468 g/mol. The molecule has 156 valence electrons. The zero-order chi connectivity index (χ0) is 20.7. The van der Waals surface area contributed by atoms with Crippen LogP contribution in [0.2, 0.25) is 0 Å². The number of rotatable bonds is 4. The van der Waals surface area contributed by atoms with Gasteiger partial charge in [0.05, 0.1) is 28.8 Å². The number of piperazine rings is 1. The summed E-state index contributed by atoms with van der Waals surface area (Å²) in [4.78, 5) is 14.1. The summed E-state index contributed by atoms with van der Waals surface area (Å²) >= 11 is 3.62. The fourth-order valence-corrected chi connectivity index (χ4v) is 4.65. The standard InChI is InChI=1S/C22H25BrN6O/c1-27-9-11-28(12-10-27)16-3-4-17(19(13-16)30-2)25-22-24-14-15-7-8-29-18(21(15)26-22)5-6-20(29)23/h3-6,13-14H,7-12H2,1-2H3,(H,24,25,26). The van der Waals surface area contributed by atoms with Gasteiger partial charge in [-0.25, -0.2) is 9.97 Å². The van der Waals surface area contributed by atoms with Crippen LogP contribution >= 0.6 is 15.9 Å². The quantitative estimate of drug-likeness (QED) is 0.628. The van der Waals surface area contributed by atoms with Crippen LogP contribution in [-0.4, -0.2) is 59.8 Å². The Kier molecular flexibility index (Phi) is 5.12. The van der Waals surface area contributed by atoms with Gasteiger partial charge in [-0.05, 0) is 53.7 Å². The van der Waals surface area contributed by atoms with E-state index in [0.29, 0.717) is 5.95 Å². The van der Waals surface area contributed by atoms with E-state index in [1.54, 1.807) is 7.11 Å². The van der Waals surface area contributed by atoms with Gasteiger partial charge in [-0.2, -0.15) is 0 Å². The predicted molar refractivity (Wildman–Crippen MR) is 123 cm³/mol. The summed E-state index contributed by atoms with van der Waals surface area (Å²) in [7, 11) is 3.87. The van der Waals surface area contributed by atoms with Crippen LogP contribution < -0.4 is 15.0 Å². The third-order valence-electron chi connectivity index (χ3n) is 5.94. The molecule has 30 heavy (non-hydrogen) atoms. The van der Waals surface area contributed by atoms with Gasteiger partial charge in [0.25, 0.3) is 0 Å². The van der Waals surface area contributed by atoms with E-state index in [2.05, 4.69) is 78.0 Å². The molecule has 1 N–H and O–H groups in total. The van der Waals surface area contributed by atoms with Gasteiger partial charge in [0.1, 0.15) is 5.75 Å². The third kappa shape index (κ3) is 3.54. The summed E-state index contributed by atoms with van der Waals surface area (Å²) in [6, 6.07) is 10.4. The Morgan fingerprint density at radius 1 is 1.07 bits per heavy atom. The topological polar surface area (TPSA) is 58.5 Å². The van der Waals surface area contributed by atoms with E-state index >= 15 is 0 Å². The molecular weight excluding hydrogens is 444 g/mol. The zero-order valence-electron chi connectivity index (χ0n) is 17.2. The third-order valence-corrected chi connectivity index (χ3v) is 6.63. The number of hydrogen-bond acceptors (Lipinski definition) is 6. The number of ether oxygens (including phenoxy) is 1. The number of fused-ring (bicyclic) bond motifs is 3. The van der Waals surface area contributed by atoms with Crippen LogP contribution in [0, 0.1) is 0 Å². The van der Waals surface area contributed by atoms with Crippen LogP contribution in [0.4, 0.5) is 17.3 Å². The number of methoxy groups -OCH3 is 1. The number of halogens is 1. The maximum Gasteiger partial charge on any atom is 0.227 e. The van der Waals surface area contributed by atoms with E-state index in [1.165, 1.54) is 11.3 Å². The number of aromatic nitrogens is 3. The summed E-state index contributed by atoms with van der Waals surface area (Å²) < 4.78 is 9.00. The number of likely N-dealkylation sites (N-methyl/N-ethyl adjacent to an activating group) is 1. The second kappa shape index (κ2) is 7.92. The van der Waals surface area contributed by atoms with Gasteiger partial charge in [0.15, 0.2) is 0 Å². The van der Waals surface area contributed by atoms with E-state index in [-0.39, 0.29) is 0 Å². The molecule has 3 aromatic rings. The van der Waals surface area contributed by atoms with Crippen LogP contribution in [0.25, 0.3) is 11.4 Å². The molecule has 2 aromatic heterocycles. The van der Waals surface area contributed by atoms with Gasteiger partial charge >= 0.3 is 0 Å². The Bertz CT molecular complexity index is 1070. The Balaban J connectivity index is 1.41. The van der Waals surface area contributed by atoms with Crippen molar-refractivity contribution in [3.05, 3.63) is 46.7 Å². The fraction of sp³-hybridized carbons (Fsp3) is 0.364. The van der Waals surface area contributed by atoms with Crippen molar-refractivity contribution in [3.63, 3.8) is 0 Å². The molecule has 0 spiro atoms. The number of nitrogens with one attached hydrogen (secondary N) is 1. The van der Waals surface area contributed by atoms with Crippen LogP contribution in [0.3, 0.4) is 0 Å². The van der Waals surface area contributed by atoms with Gasteiger partial charge in [0.2, 0.25) is 5.95 Å². The summed E-state index contributed by atoms with van der Waals surface area (Å²) in [5.41, 5.74) is 5.32. The maximum absolute atomic E-state index is 5.68. The first kappa shape index (κ1) is 19.4. The lowest BCUT2D eigenvalue weighted by Crippen LogP contribution is -2.44. The van der Waals surface area contributed by atoms with Crippen LogP contribution in [0.1, 0.15) is 5.56 Å². The average molecular weight is 469 g/mol. The molecule has 1 fully saturated rings. The predicted octanol–water partition coefficient (Wildman–Crippen LogP) is 3.77. The average Bonchev–Trinajstić information content (AvgIpc) is 3.16. The SMILES string of the molecule is COc1cc(N2CCN(C)CC2)ccc1Nc1ncc2c(n1)-c1ccc(Br)n1CC2. The molecule has 0 aliphatic carbocycles. The minimum atomic E-state index is 0.574. The highest BCUT2D eigenvalue weighted by molar-refractivity contribution is 9.10. The number of anilines is 3. The Morgan fingerprint density at radius 2 is 1.90 bits per heavy atom. The van der Waals surface area contributed by atoms with E-state index in [0.717, 1.165) is 66.6 Å². The molecule has 8 heteroatoms. The molecule has 4 heterocycles. The lowest BCUT2D eigenvalue weighted by molar-refractivity contribution is 0.312. The maximum atomic E-state index is 5.68. The highest BCUT2D eigenvalue weighted by Gasteiger charge is 2.21. The number of benzene rings is 1. The van der Waals surface area contributed by atoms with Crippen molar-refractivity contribution in [1.82, 2.24) is 19.4 Å². The van der Waals surface area contributed by atoms with E-state index in [9.17, 15) is 0 Å². The summed E-state index contributed by atoms with van der Waals surface area (Å²) in [5.74, 6) is 1.36. The molecule has 2 aliphatic rings. The van der Waals surface area contributed by atoms with Gasteiger partial charge in [-0.15, -0.1) is 0 Å². The zero-order valence-corrected chi connectivity index (χ0v) is 18.8. The Hall–Kier alpha value is -2.58. The van der Waals surface area contributed by atoms with Crippen molar-refractivity contribution in [2.45, 2.75) is 13.0 Å². The van der Waals surface area contributed by atoms with E-state index in [1.807, 2.05) is 6.20 Å². The van der Waals surface area contributed by atoms with Crippen molar-refractivity contribution in [1.29, 1.82) is 0 Å². The minimum absolute atomic E-state index is 0.574. The smallest absolute Gasteiger partial charge is 0.227 e. The molecule has 5 rings (SSSR count). The van der Waals surface area contributed by atoms with Gasteiger partial charge < -0.3 is 24.4 Å². The number of hydrogen-bond donors (Lipinski definition) is 1. The van der Waals surface area contributed by atoms with Crippen molar-refractivity contribution >= 4 is 33.3 Å². The molecule has 7 nitrogen and oxygen atoms in total. The molecule has 1 aromatic carbocycles. The minimum Gasteiger partial charge on any atom is -0.494 e. The first-order valence-corrected chi connectivity index (χ1v) is 11.0. The fourth-order valence-electron chi connectivity index (χ4n) is 4.15. The Labute approximate surface area is 184 Å². The Morgan fingerprint density at radius 3 is 2.70 bits per heavy atom. The van der Waals surface area contributed by atoms with Crippen LogP contribution in [0.5, 0.6) is 5.75 Å². The lowest BCUT2D eigenvalue weighted by Gasteiger charge is -2.34. The normalized spacial score (nSPS) is 16.2. The number of aryl methyl sites for hydroxylation is 1. The molecule has 0 bridgehead atoms. The molecule has 2 aliphatic heterocycles. The van der Waals surface area contributed by atoms with Crippen LogP contribution in [-0.2, 0) is 13.0 Å². The second-order valence-electron chi connectivity index (χ2n) is 7.81. The molecule has 0 atom stereocenters. The highest BCUT2D eigenvalue weighted by atomic mass is 79.9. The first-order chi connectivity index (χ1) is 14.6. The number of nitrogens with zero attached hydrogens (tertiary/aromatic N) is 5. The summed E-state index contributed by atoms with van der Waals surface area (Å²) in [6.45, 7) is 5.13. The first-order valence-electron chi connectivity index (χ1n) is 10.2. The van der Waals surface area contributed by atoms with Crippen molar-refractivity contribution in [2.24, 2.45) is 0 Å². The van der Waals surface area contributed by atoms with Crippen molar-refractivity contribution < 1.29 is 4.74 Å². The molecular formula is C22H25BrN6O. The largest absolute Gasteiger partial charge is 0.494 e. The molecule has 0 amide bonds. The molecule has 0 radical (unpaired) electrons. The van der Waals surface area contributed by atoms with E-state index in [4.69, 9.17) is 9.72 Å².